The molecule has 1 aromatic rings. The van der Waals surface area contributed by atoms with E-state index in [1.54, 1.807) is 0 Å². The van der Waals surface area contributed by atoms with E-state index in [0.29, 0.717) is 0 Å². The first-order valence-electron chi connectivity index (χ1n) is 3.36. The molecular formula is C7H9N3. The maximum absolute atomic E-state index is 4.22. The van der Waals surface area contributed by atoms with Gasteiger partial charge in [-0.25, -0.2) is 4.98 Å². The average molecular weight is 135 g/mol. The molecule has 1 atom stereocenters. The highest BCUT2D eigenvalue weighted by Gasteiger charge is 2.16. The number of imidazole rings is 1. The van der Waals surface area contributed by atoms with Gasteiger partial charge in [-0.1, -0.05) is 0 Å². The van der Waals surface area contributed by atoms with Crippen molar-refractivity contribution in [2.45, 2.75) is 19.9 Å². The Bertz CT molecular complexity index is 285. The van der Waals surface area contributed by atoms with Gasteiger partial charge in [0.15, 0.2) is 0 Å². The molecule has 2 rings (SSSR count). The van der Waals surface area contributed by atoms with Crippen molar-refractivity contribution in [1.29, 1.82) is 0 Å². The lowest BCUT2D eigenvalue weighted by atomic mass is 10.3. The van der Waals surface area contributed by atoms with Crippen molar-refractivity contribution < 1.29 is 0 Å². The maximum Gasteiger partial charge on any atom is 0.138 e. The molecule has 0 radical (unpaired) electrons. The molecule has 3 heteroatoms. The van der Waals surface area contributed by atoms with Crippen LogP contribution >= 0.6 is 0 Å². The lowest BCUT2D eigenvalue weighted by Gasteiger charge is -1.95. The number of aryl methyl sites for hydroxylation is 1. The molecular weight excluding hydrogens is 126 g/mol. The van der Waals surface area contributed by atoms with Gasteiger partial charge in [-0.3, -0.25) is 9.56 Å². The maximum atomic E-state index is 4.22. The van der Waals surface area contributed by atoms with Crippen molar-refractivity contribution in [3.63, 3.8) is 0 Å². The molecule has 0 aromatic carbocycles. The number of aliphatic imine (C=N–C) groups is 1. The molecule has 1 aliphatic heterocycles. The zero-order valence-electron chi connectivity index (χ0n) is 6.07. The third-order valence-corrected chi connectivity index (χ3v) is 1.79. The topological polar surface area (TPSA) is 30.2 Å². The molecule has 3 nitrogen and oxygen atoms in total. The molecule has 1 aromatic heterocycles. The Morgan fingerprint density at radius 3 is 3.10 bits per heavy atom. The van der Waals surface area contributed by atoms with Crippen molar-refractivity contribution in [2.75, 3.05) is 0 Å². The number of hydrogen-bond acceptors (Lipinski definition) is 2. The fourth-order valence-electron chi connectivity index (χ4n) is 1.16. The summed E-state index contributed by atoms with van der Waals surface area (Å²) in [5, 5.41) is 0. The molecule has 0 amide bonds. The van der Waals surface area contributed by atoms with Crippen molar-refractivity contribution in [3.8, 4) is 0 Å². The summed E-state index contributed by atoms with van der Waals surface area (Å²) in [5.74, 6) is 1.05. The van der Waals surface area contributed by atoms with Crippen LogP contribution in [0.2, 0.25) is 0 Å². The molecule has 0 bridgehead atoms. The molecule has 0 unspecified atom stereocenters. The van der Waals surface area contributed by atoms with E-state index in [0.717, 1.165) is 11.5 Å². The second-order valence-electron chi connectivity index (χ2n) is 2.57. The molecule has 0 spiro atoms. The highest BCUT2D eigenvalue weighted by atomic mass is 15.2. The van der Waals surface area contributed by atoms with Crippen LogP contribution in [0.4, 0.5) is 0 Å². The predicted octanol–water partition coefficient (Wildman–Crippen LogP) is 1.14. The van der Waals surface area contributed by atoms with Gasteiger partial charge in [0, 0.05) is 11.9 Å². The Morgan fingerprint density at radius 1 is 1.60 bits per heavy atom. The molecule has 2 heterocycles. The summed E-state index contributed by atoms with van der Waals surface area (Å²) >= 11 is 0. The summed E-state index contributed by atoms with van der Waals surface area (Å²) in [5.41, 5.74) is 1.16. The van der Waals surface area contributed by atoms with Crippen LogP contribution in [0.15, 0.2) is 11.2 Å². The summed E-state index contributed by atoms with van der Waals surface area (Å²) in [7, 11) is 0. The largest absolute Gasteiger partial charge is 0.290 e. The number of nitrogens with zero attached hydrogens (tertiary/aromatic N) is 3. The molecule has 0 aliphatic carbocycles. The Balaban J connectivity index is 2.62. The first kappa shape index (κ1) is 5.65. The van der Waals surface area contributed by atoms with Crippen molar-refractivity contribution in [2.24, 2.45) is 4.99 Å². The van der Waals surface area contributed by atoms with E-state index in [2.05, 4.69) is 9.98 Å². The van der Waals surface area contributed by atoms with Crippen LogP contribution in [0.5, 0.6) is 0 Å². The van der Waals surface area contributed by atoms with Gasteiger partial charge in [0.2, 0.25) is 0 Å². The van der Waals surface area contributed by atoms with Gasteiger partial charge in [0.1, 0.15) is 11.9 Å². The van der Waals surface area contributed by atoms with Gasteiger partial charge in [-0.2, -0.15) is 0 Å². The van der Waals surface area contributed by atoms with E-state index < -0.39 is 0 Å². The monoisotopic (exact) mass is 135 g/mol. The first-order valence-corrected chi connectivity index (χ1v) is 3.36. The minimum absolute atomic E-state index is 0.244. The van der Waals surface area contributed by atoms with E-state index >= 15 is 0 Å². The summed E-state index contributed by atoms with van der Waals surface area (Å²) in [6.45, 7) is 4.07. The Labute approximate surface area is 59.4 Å². The minimum Gasteiger partial charge on any atom is -0.290 e. The lowest BCUT2D eigenvalue weighted by molar-refractivity contribution is 0.781. The van der Waals surface area contributed by atoms with Crippen molar-refractivity contribution >= 4 is 6.34 Å². The molecule has 0 saturated carbocycles. The van der Waals surface area contributed by atoms with Crippen LogP contribution in [0, 0.1) is 6.92 Å². The van der Waals surface area contributed by atoms with E-state index in [9.17, 15) is 0 Å². The van der Waals surface area contributed by atoms with Gasteiger partial charge in [-0.05, 0) is 13.8 Å². The standard InChI is InChI=1S/C7H9N3/c1-5-3-8-7-6(2)9-4-10(5)7/h3-4,6H,1-2H3/t6-/m1/s1. The van der Waals surface area contributed by atoms with Crippen LogP contribution in [0.1, 0.15) is 24.5 Å². The zero-order valence-corrected chi connectivity index (χ0v) is 6.07. The van der Waals surface area contributed by atoms with Crippen molar-refractivity contribution in [1.82, 2.24) is 9.55 Å². The van der Waals surface area contributed by atoms with Crippen LogP contribution in [-0.4, -0.2) is 15.9 Å². The smallest absolute Gasteiger partial charge is 0.138 e. The van der Waals surface area contributed by atoms with Crippen LogP contribution in [0.3, 0.4) is 0 Å². The van der Waals surface area contributed by atoms with Gasteiger partial charge >= 0.3 is 0 Å². The summed E-state index contributed by atoms with van der Waals surface area (Å²) in [6.07, 6.45) is 3.71. The van der Waals surface area contributed by atoms with E-state index in [-0.39, 0.29) is 6.04 Å². The summed E-state index contributed by atoms with van der Waals surface area (Å²) < 4.78 is 2.02. The van der Waals surface area contributed by atoms with Gasteiger partial charge in [0.25, 0.3) is 0 Å². The molecule has 0 saturated heterocycles. The highest BCUT2D eigenvalue weighted by molar-refractivity contribution is 5.64. The number of hydrogen-bond donors (Lipinski definition) is 0. The minimum atomic E-state index is 0.244. The number of rotatable bonds is 0. The highest BCUT2D eigenvalue weighted by Crippen LogP contribution is 2.19. The Morgan fingerprint density at radius 2 is 2.40 bits per heavy atom. The van der Waals surface area contributed by atoms with Gasteiger partial charge in [0.05, 0.1) is 6.34 Å². The number of aromatic nitrogens is 2. The Kier molecular flexibility index (Phi) is 0.952. The fourth-order valence-corrected chi connectivity index (χ4v) is 1.16. The van der Waals surface area contributed by atoms with E-state index in [1.807, 2.05) is 30.9 Å². The fraction of sp³-hybridized carbons (Fsp3) is 0.429. The quantitative estimate of drug-likeness (QED) is 0.524. The van der Waals surface area contributed by atoms with E-state index in [4.69, 9.17) is 0 Å². The normalized spacial score (nSPS) is 21.6. The Hall–Kier alpha value is -1.12. The summed E-state index contributed by atoms with van der Waals surface area (Å²) in [4.78, 5) is 8.42. The molecule has 52 valence electrons. The molecule has 1 aliphatic rings. The van der Waals surface area contributed by atoms with Gasteiger partial charge < -0.3 is 0 Å². The van der Waals surface area contributed by atoms with Crippen LogP contribution in [-0.2, 0) is 0 Å². The zero-order chi connectivity index (χ0) is 7.14. The first-order chi connectivity index (χ1) is 4.79. The second kappa shape index (κ2) is 1.68. The molecule has 10 heavy (non-hydrogen) atoms. The summed E-state index contributed by atoms with van der Waals surface area (Å²) in [6, 6.07) is 0.244. The number of fused-ring (bicyclic) bond motifs is 1. The van der Waals surface area contributed by atoms with Crippen LogP contribution in [0.25, 0.3) is 0 Å². The van der Waals surface area contributed by atoms with Crippen molar-refractivity contribution in [3.05, 3.63) is 17.7 Å². The SMILES string of the molecule is Cc1cnc2n1C=N[C@@H]2C. The molecule has 0 N–H and O–H groups in total. The van der Waals surface area contributed by atoms with Crippen LogP contribution < -0.4 is 0 Å². The predicted molar refractivity (Wildman–Crippen MR) is 39.3 cm³/mol. The third kappa shape index (κ3) is 0.546. The molecule has 0 fully saturated rings. The lowest BCUT2D eigenvalue weighted by Crippen LogP contribution is -1.96. The average Bonchev–Trinajstić information content (AvgIpc) is 2.41. The van der Waals surface area contributed by atoms with Gasteiger partial charge in [-0.15, -0.1) is 0 Å². The third-order valence-electron chi connectivity index (χ3n) is 1.79. The van der Waals surface area contributed by atoms with E-state index in [1.165, 1.54) is 0 Å². The second-order valence-corrected chi connectivity index (χ2v) is 2.57.